The topological polar surface area (TPSA) is 104 Å². The summed E-state index contributed by atoms with van der Waals surface area (Å²) in [5.41, 5.74) is 0. The molecule has 0 aliphatic heterocycles. The molecular weight excluding hydrogens is 304 g/mol. The summed E-state index contributed by atoms with van der Waals surface area (Å²) in [6.07, 6.45) is 2.16. The van der Waals surface area contributed by atoms with Gasteiger partial charge in [-0.3, -0.25) is 4.79 Å². The number of carbonyl (C=O) groups excluding carboxylic acids is 1. The lowest BCUT2D eigenvalue weighted by Gasteiger charge is -2.27. The maximum absolute atomic E-state index is 12.2. The van der Waals surface area contributed by atoms with Crippen molar-refractivity contribution in [2.24, 2.45) is 0 Å². The molecule has 2 atom stereocenters. The number of carboxylic acid groups (broad SMARTS) is 1. The largest absolute Gasteiger partial charge is 0.480 e. The first-order valence-corrected chi connectivity index (χ1v) is 9.19. The summed E-state index contributed by atoms with van der Waals surface area (Å²) in [6.45, 7) is 2.85. The zero-order valence-corrected chi connectivity index (χ0v) is 13.8. The molecule has 1 amide bonds. The van der Waals surface area contributed by atoms with Gasteiger partial charge in [0.2, 0.25) is 15.9 Å². The van der Waals surface area contributed by atoms with Gasteiger partial charge in [-0.15, -0.1) is 0 Å². The Labute approximate surface area is 124 Å². The molecule has 0 aromatic carbocycles. The Kier molecular flexibility index (Phi) is 8.14. The third-order valence-electron chi connectivity index (χ3n) is 2.90. The van der Waals surface area contributed by atoms with E-state index in [0.29, 0.717) is 12.2 Å². The summed E-state index contributed by atoms with van der Waals surface area (Å²) in [4.78, 5) is 24.1. The number of nitrogens with one attached hydrogen (secondary N) is 1. The monoisotopic (exact) mass is 326 g/mol. The van der Waals surface area contributed by atoms with Gasteiger partial charge >= 0.3 is 5.97 Å². The van der Waals surface area contributed by atoms with Gasteiger partial charge in [-0.25, -0.2) is 17.9 Å². The van der Waals surface area contributed by atoms with Crippen molar-refractivity contribution in [1.29, 1.82) is 0 Å². The lowest BCUT2D eigenvalue weighted by molar-refractivity contribution is -0.148. The van der Waals surface area contributed by atoms with Crippen LogP contribution in [0.15, 0.2) is 0 Å². The van der Waals surface area contributed by atoms with Crippen LogP contribution in [-0.2, 0) is 19.6 Å². The Bertz CT molecular complexity index is 438. The van der Waals surface area contributed by atoms with Crippen molar-refractivity contribution in [2.45, 2.75) is 32.4 Å². The number of rotatable bonds is 9. The van der Waals surface area contributed by atoms with E-state index in [2.05, 4.69) is 4.72 Å². The molecule has 0 spiro atoms. The zero-order valence-electron chi connectivity index (χ0n) is 12.1. The van der Waals surface area contributed by atoms with Crippen LogP contribution in [0.25, 0.3) is 0 Å². The van der Waals surface area contributed by atoms with Gasteiger partial charge in [0.05, 0.1) is 5.75 Å². The number of carboxylic acids is 1. The minimum Gasteiger partial charge on any atom is -0.480 e. The quantitative estimate of drug-likeness (QED) is 0.617. The number of hydrogen-bond acceptors (Lipinski definition) is 5. The molecule has 2 unspecified atom stereocenters. The minimum atomic E-state index is -3.53. The first-order valence-electron chi connectivity index (χ1n) is 6.14. The van der Waals surface area contributed by atoms with Crippen LogP contribution >= 0.6 is 11.8 Å². The summed E-state index contributed by atoms with van der Waals surface area (Å²) < 4.78 is 25.5. The summed E-state index contributed by atoms with van der Waals surface area (Å²) in [6, 6.07) is -1.94. The van der Waals surface area contributed by atoms with Crippen molar-refractivity contribution < 1.29 is 23.1 Å². The molecular formula is C11H22N2O5S2. The smallest absolute Gasteiger partial charge is 0.326 e. The van der Waals surface area contributed by atoms with Gasteiger partial charge in [0.15, 0.2) is 0 Å². The van der Waals surface area contributed by atoms with E-state index in [4.69, 9.17) is 5.11 Å². The lowest BCUT2D eigenvalue weighted by atomic mass is 10.2. The first kappa shape index (κ1) is 19.2. The second kappa shape index (κ2) is 8.48. The van der Waals surface area contributed by atoms with E-state index in [9.17, 15) is 18.0 Å². The van der Waals surface area contributed by atoms with Gasteiger partial charge in [0.25, 0.3) is 0 Å². The Morgan fingerprint density at radius 2 is 1.95 bits per heavy atom. The highest BCUT2D eigenvalue weighted by Crippen LogP contribution is 2.08. The predicted molar refractivity (Wildman–Crippen MR) is 79.3 cm³/mol. The third-order valence-corrected chi connectivity index (χ3v) is 4.94. The van der Waals surface area contributed by atoms with Crippen LogP contribution in [0, 0.1) is 0 Å². The van der Waals surface area contributed by atoms with Crippen LogP contribution < -0.4 is 4.72 Å². The molecule has 0 aliphatic carbocycles. The molecule has 0 aromatic rings. The van der Waals surface area contributed by atoms with Crippen LogP contribution in [0.2, 0.25) is 0 Å². The molecule has 0 saturated carbocycles. The molecule has 0 radical (unpaired) electrons. The highest BCUT2D eigenvalue weighted by molar-refractivity contribution is 7.98. The van der Waals surface area contributed by atoms with Crippen molar-refractivity contribution in [1.82, 2.24) is 9.62 Å². The lowest BCUT2D eigenvalue weighted by Crippen LogP contribution is -2.51. The minimum absolute atomic E-state index is 0.131. The van der Waals surface area contributed by atoms with Crippen LogP contribution in [0.3, 0.4) is 0 Å². The maximum Gasteiger partial charge on any atom is 0.326 e. The van der Waals surface area contributed by atoms with Crippen LogP contribution in [0.1, 0.15) is 20.3 Å². The van der Waals surface area contributed by atoms with Crippen molar-refractivity contribution in [2.75, 3.05) is 24.8 Å². The number of thioether (sulfide) groups is 1. The molecule has 0 heterocycles. The van der Waals surface area contributed by atoms with E-state index in [1.54, 1.807) is 0 Å². The highest BCUT2D eigenvalue weighted by atomic mass is 32.2. The van der Waals surface area contributed by atoms with E-state index in [1.165, 1.54) is 32.7 Å². The van der Waals surface area contributed by atoms with Crippen molar-refractivity contribution in [3.05, 3.63) is 0 Å². The van der Waals surface area contributed by atoms with Crippen molar-refractivity contribution in [3.8, 4) is 0 Å². The van der Waals surface area contributed by atoms with Gasteiger partial charge in [-0.05, 0) is 32.3 Å². The summed E-state index contributed by atoms with van der Waals surface area (Å²) >= 11 is 1.49. The molecule has 0 aromatic heterocycles. The fourth-order valence-electron chi connectivity index (χ4n) is 1.37. The van der Waals surface area contributed by atoms with Crippen molar-refractivity contribution >= 4 is 33.7 Å². The van der Waals surface area contributed by atoms with Gasteiger partial charge in [-0.1, -0.05) is 0 Å². The molecule has 20 heavy (non-hydrogen) atoms. The fourth-order valence-corrected chi connectivity index (χ4v) is 2.66. The fraction of sp³-hybridized carbons (Fsp3) is 0.818. The van der Waals surface area contributed by atoms with Crippen LogP contribution in [0.4, 0.5) is 0 Å². The maximum atomic E-state index is 12.2. The Hall–Kier alpha value is -0.800. The number of hydrogen-bond donors (Lipinski definition) is 2. The van der Waals surface area contributed by atoms with Gasteiger partial charge in [-0.2, -0.15) is 11.8 Å². The Balaban J connectivity index is 5.02. The molecule has 0 bridgehead atoms. The first-order chi connectivity index (χ1) is 9.16. The third kappa shape index (κ3) is 6.10. The second-order valence-electron chi connectivity index (χ2n) is 4.32. The van der Waals surface area contributed by atoms with Crippen LogP contribution in [-0.4, -0.2) is 67.2 Å². The van der Waals surface area contributed by atoms with Gasteiger partial charge in [0.1, 0.15) is 12.1 Å². The van der Waals surface area contributed by atoms with Crippen LogP contribution in [0.5, 0.6) is 0 Å². The normalized spacial score (nSPS) is 14.6. The molecule has 7 nitrogen and oxygen atoms in total. The molecule has 0 rings (SSSR count). The Morgan fingerprint density at radius 1 is 1.40 bits per heavy atom. The molecule has 2 N–H and O–H groups in total. The summed E-state index contributed by atoms with van der Waals surface area (Å²) in [5.74, 6) is -1.21. The zero-order chi connectivity index (χ0) is 15.9. The highest BCUT2D eigenvalue weighted by Gasteiger charge is 2.30. The molecule has 0 fully saturated rings. The Morgan fingerprint density at radius 3 is 2.35 bits per heavy atom. The van der Waals surface area contributed by atoms with Gasteiger partial charge in [0, 0.05) is 7.05 Å². The molecule has 118 valence electrons. The van der Waals surface area contributed by atoms with Gasteiger partial charge < -0.3 is 10.0 Å². The number of aliphatic carboxylic acids is 1. The SMILES string of the molecule is CCS(=O)(=O)NC(CCSC)C(=O)N(C)C(C)C(=O)O. The van der Waals surface area contributed by atoms with E-state index < -0.39 is 34.0 Å². The summed E-state index contributed by atoms with van der Waals surface area (Å²) in [5, 5.41) is 8.90. The molecule has 0 aliphatic rings. The van der Waals surface area contributed by atoms with Crippen molar-refractivity contribution in [3.63, 3.8) is 0 Å². The number of amides is 1. The molecule has 0 saturated heterocycles. The number of likely N-dealkylation sites (N-methyl/N-ethyl adjacent to an activating group) is 1. The standard InChI is InChI=1S/C11H22N2O5S2/c1-5-20(17,18)12-9(6-7-19-4)10(14)13(3)8(2)11(15)16/h8-9,12H,5-7H2,1-4H3,(H,15,16). The number of carbonyl (C=O) groups is 2. The van der Waals surface area contributed by atoms with E-state index in [0.717, 1.165) is 4.90 Å². The summed E-state index contributed by atoms with van der Waals surface area (Å²) in [7, 11) is -2.17. The predicted octanol–water partition coefficient (Wildman–Crippen LogP) is -0.0211. The average molecular weight is 326 g/mol. The number of nitrogens with zero attached hydrogens (tertiary/aromatic N) is 1. The van der Waals surface area contributed by atoms with E-state index >= 15 is 0 Å². The van der Waals surface area contributed by atoms with E-state index in [-0.39, 0.29) is 5.75 Å². The molecule has 9 heteroatoms. The number of sulfonamides is 1. The second-order valence-corrected chi connectivity index (χ2v) is 7.35. The average Bonchev–Trinajstić information content (AvgIpc) is 2.40. The van der Waals surface area contributed by atoms with E-state index in [1.807, 2.05) is 6.26 Å².